The molecule has 10 nitrogen and oxygen atoms in total. The minimum atomic E-state index is -4.59. The third kappa shape index (κ3) is 6.86. The van der Waals surface area contributed by atoms with Crippen LogP contribution in [0.1, 0.15) is 41.0 Å². The van der Waals surface area contributed by atoms with E-state index in [-0.39, 0.29) is 17.7 Å². The Balaban J connectivity index is 1.31. The van der Waals surface area contributed by atoms with E-state index in [1.165, 1.54) is 6.20 Å². The molecule has 14 heteroatoms. The van der Waals surface area contributed by atoms with Gasteiger partial charge in [0.15, 0.2) is 12.0 Å². The van der Waals surface area contributed by atoms with E-state index in [0.717, 1.165) is 37.0 Å². The minimum Gasteiger partial charge on any atom is -0.475 e. The fourth-order valence-electron chi connectivity index (χ4n) is 3.28. The molecule has 0 spiro atoms. The van der Waals surface area contributed by atoms with Crippen LogP contribution in [0.15, 0.2) is 30.7 Å². The van der Waals surface area contributed by atoms with Crippen molar-refractivity contribution in [2.75, 3.05) is 30.5 Å². The van der Waals surface area contributed by atoms with Gasteiger partial charge in [-0.1, -0.05) is 0 Å². The van der Waals surface area contributed by atoms with Crippen LogP contribution in [0.5, 0.6) is 5.88 Å². The zero-order valence-corrected chi connectivity index (χ0v) is 20.0. The molecule has 3 aromatic heterocycles. The van der Waals surface area contributed by atoms with Crippen LogP contribution in [-0.4, -0.2) is 51.3 Å². The number of pyridine rings is 1. The van der Waals surface area contributed by atoms with Crippen molar-refractivity contribution in [1.82, 2.24) is 19.3 Å². The Morgan fingerprint density at radius 1 is 1.17 bits per heavy atom. The number of hydrogen-bond acceptors (Lipinski definition) is 10. The fraction of sp³-hybridized carbons (Fsp3) is 0.409. The minimum absolute atomic E-state index is 0.0443. The molecule has 36 heavy (non-hydrogen) atoms. The number of rotatable bonds is 9. The lowest BCUT2D eigenvalue weighted by atomic mass is 10.2. The first-order valence-corrected chi connectivity index (χ1v) is 11.8. The van der Waals surface area contributed by atoms with Gasteiger partial charge in [0.05, 0.1) is 42.1 Å². The monoisotopic (exact) mass is 524 g/mol. The highest BCUT2D eigenvalue weighted by Gasteiger charge is 2.32. The number of amides is 1. The number of carbonyl (C=O) groups excluding carboxylic acids is 1. The Kier molecular flexibility index (Phi) is 8.28. The van der Waals surface area contributed by atoms with Crippen molar-refractivity contribution in [2.45, 2.75) is 38.7 Å². The average molecular weight is 525 g/mol. The molecule has 0 aromatic carbocycles. The van der Waals surface area contributed by atoms with Crippen LogP contribution < -0.4 is 15.4 Å². The molecule has 1 aliphatic heterocycles. The molecule has 0 aliphatic carbocycles. The molecule has 1 fully saturated rings. The van der Waals surface area contributed by atoms with Crippen molar-refractivity contribution in [3.8, 4) is 5.88 Å². The molecular weight excluding hydrogens is 501 g/mol. The first kappa shape index (κ1) is 25.7. The van der Waals surface area contributed by atoms with Crippen LogP contribution in [0, 0.1) is 6.92 Å². The van der Waals surface area contributed by atoms with Crippen LogP contribution in [0.3, 0.4) is 0 Å². The first-order chi connectivity index (χ1) is 17.3. The smallest absolute Gasteiger partial charge is 0.434 e. The predicted molar refractivity (Wildman–Crippen MR) is 124 cm³/mol. The van der Waals surface area contributed by atoms with Gasteiger partial charge in [0.25, 0.3) is 5.91 Å². The maximum Gasteiger partial charge on any atom is 0.434 e. The Hall–Kier alpha value is -3.36. The molecule has 0 radical (unpaired) electrons. The first-order valence-electron chi connectivity index (χ1n) is 11.1. The molecule has 192 valence electrons. The number of carbonyl (C=O) groups is 1. The summed E-state index contributed by atoms with van der Waals surface area (Å²) in [5, 5.41) is 5.83. The Bertz CT molecular complexity index is 1150. The van der Waals surface area contributed by atoms with Crippen LogP contribution in [0.4, 0.5) is 29.7 Å². The normalized spacial score (nSPS) is 15.9. The van der Waals surface area contributed by atoms with Gasteiger partial charge in [-0.2, -0.15) is 17.5 Å². The molecule has 3 aromatic rings. The van der Waals surface area contributed by atoms with Gasteiger partial charge in [0.2, 0.25) is 5.88 Å². The fourth-order valence-corrected chi connectivity index (χ4v) is 4.08. The molecule has 4 rings (SSSR count). The van der Waals surface area contributed by atoms with Crippen LogP contribution in [-0.2, 0) is 15.7 Å². The van der Waals surface area contributed by atoms with Gasteiger partial charge in [0.1, 0.15) is 17.4 Å². The number of aryl methyl sites for hydroxylation is 1. The van der Waals surface area contributed by atoms with Crippen LogP contribution in [0.2, 0.25) is 0 Å². The SMILES string of the molecule is Cc1nsc(Nc2cnc(C(F)(F)F)cn2)c1C(=O)Nc1ccc(OCCOC2CCCCO2)nc1. The predicted octanol–water partition coefficient (Wildman–Crippen LogP) is 4.57. The lowest BCUT2D eigenvalue weighted by Gasteiger charge is -2.22. The summed E-state index contributed by atoms with van der Waals surface area (Å²) in [6.45, 7) is 3.03. The second kappa shape index (κ2) is 11.6. The van der Waals surface area contributed by atoms with Gasteiger partial charge in [-0.25, -0.2) is 15.0 Å². The number of ether oxygens (including phenoxy) is 3. The second-order valence-corrected chi connectivity index (χ2v) is 8.51. The Morgan fingerprint density at radius 3 is 2.69 bits per heavy atom. The third-order valence-electron chi connectivity index (χ3n) is 5.04. The third-order valence-corrected chi connectivity index (χ3v) is 5.90. The Labute approximate surface area is 208 Å². The van der Waals surface area contributed by atoms with Crippen LogP contribution >= 0.6 is 11.5 Å². The summed E-state index contributed by atoms with van der Waals surface area (Å²) in [5.41, 5.74) is -0.0268. The summed E-state index contributed by atoms with van der Waals surface area (Å²) in [6.07, 6.45) is 1.23. The maximum atomic E-state index is 12.9. The summed E-state index contributed by atoms with van der Waals surface area (Å²) in [6, 6.07) is 3.25. The summed E-state index contributed by atoms with van der Waals surface area (Å²) >= 11 is 0.975. The maximum absolute atomic E-state index is 12.9. The largest absolute Gasteiger partial charge is 0.475 e. The Morgan fingerprint density at radius 2 is 2.03 bits per heavy atom. The second-order valence-electron chi connectivity index (χ2n) is 7.74. The summed E-state index contributed by atoms with van der Waals surface area (Å²) in [7, 11) is 0. The molecule has 1 saturated heterocycles. The summed E-state index contributed by atoms with van der Waals surface area (Å²) in [5.74, 6) is -0.0550. The molecule has 0 saturated carbocycles. The van der Waals surface area contributed by atoms with E-state index in [9.17, 15) is 18.0 Å². The van der Waals surface area contributed by atoms with E-state index < -0.39 is 17.8 Å². The van der Waals surface area contributed by atoms with Gasteiger partial charge in [-0.05, 0) is 43.8 Å². The van der Waals surface area contributed by atoms with Gasteiger partial charge in [-0.15, -0.1) is 0 Å². The standard InChI is InChI=1S/C22H23F3N6O4S/c1-13-19(21(36-31-13)30-16-12-26-15(11-27-16)22(23,24)25)20(32)29-14-5-6-17(28-10-14)33-8-9-35-18-4-2-3-7-34-18/h5-6,10-12,18H,2-4,7-9H2,1H3,(H,27,30)(H,29,32). The highest BCUT2D eigenvalue weighted by molar-refractivity contribution is 7.10. The summed E-state index contributed by atoms with van der Waals surface area (Å²) in [4.78, 5) is 24.1. The molecule has 2 N–H and O–H groups in total. The van der Waals surface area contributed by atoms with Gasteiger partial charge >= 0.3 is 6.18 Å². The van der Waals surface area contributed by atoms with Gasteiger partial charge < -0.3 is 24.8 Å². The van der Waals surface area contributed by atoms with E-state index in [4.69, 9.17) is 14.2 Å². The van der Waals surface area contributed by atoms with E-state index in [1.807, 2.05) is 0 Å². The van der Waals surface area contributed by atoms with Crippen molar-refractivity contribution in [3.05, 3.63) is 47.7 Å². The number of nitrogens with zero attached hydrogens (tertiary/aromatic N) is 4. The van der Waals surface area contributed by atoms with E-state index in [1.54, 1.807) is 19.1 Å². The molecule has 4 heterocycles. The highest BCUT2D eigenvalue weighted by atomic mass is 32.1. The van der Waals surface area contributed by atoms with Crippen molar-refractivity contribution < 1.29 is 32.2 Å². The molecule has 1 atom stereocenters. The number of nitrogens with one attached hydrogen (secondary N) is 2. The van der Waals surface area contributed by atoms with E-state index in [2.05, 4.69) is 30.0 Å². The van der Waals surface area contributed by atoms with Crippen molar-refractivity contribution in [1.29, 1.82) is 0 Å². The number of halogens is 3. The van der Waals surface area contributed by atoms with E-state index >= 15 is 0 Å². The quantitative estimate of drug-likeness (QED) is 0.388. The lowest BCUT2D eigenvalue weighted by Crippen LogP contribution is -2.24. The zero-order valence-electron chi connectivity index (χ0n) is 19.2. The lowest BCUT2D eigenvalue weighted by molar-refractivity contribution is -0.165. The van der Waals surface area contributed by atoms with Gasteiger partial charge in [-0.3, -0.25) is 4.79 Å². The number of hydrogen-bond donors (Lipinski definition) is 2. The summed E-state index contributed by atoms with van der Waals surface area (Å²) < 4.78 is 58.9. The van der Waals surface area contributed by atoms with Gasteiger partial charge in [0, 0.05) is 12.7 Å². The van der Waals surface area contributed by atoms with Crippen molar-refractivity contribution in [3.63, 3.8) is 0 Å². The molecular formula is C22H23F3N6O4S. The molecule has 0 bridgehead atoms. The highest BCUT2D eigenvalue weighted by Crippen LogP contribution is 2.30. The zero-order chi connectivity index (χ0) is 25.5. The van der Waals surface area contributed by atoms with Crippen molar-refractivity contribution in [2.24, 2.45) is 0 Å². The number of aromatic nitrogens is 4. The van der Waals surface area contributed by atoms with Crippen molar-refractivity contribution >= 4 is 33.9 Å². The number of anilines is 3. The number of alkyl halides is 3. The topological polar surface area (TPSA) is 120 Å². The molecule has 1 aliphatic rings. The molecule has 1 amide bonds. The van der Waals surface area contributed by atoms with Crippen LogP contribution in [0.25, 0.3) is 0 Å². The molecule has 1 unspecified atom stereocenters. The van der Waals surface area contributed by atoms with E-state index in [0.29, 0.717) is 48.3 Å². The average Bonchev–Trinajstić information content (AvgIpc) is 3.23.